The summed E-state index contributed by atoms with van der Waals surface area (Å²) in [5, 5.41) is 47.1. The number of carbonyl (C=O) groups excluding carboxylic acids is 2. The lowest BCUT2D eigenvalue weighted by atomic mass is 10.1. The van der Waals surface area contributed by atoms with Crippen LogP contribution in [0.5, 0.6) is 0 Å². The third-order valence-corrected chi connectivity index (χ3v) is 2.99. The minimum absolute atomic E-state index is 0.174. The highest BCUT2D eigenvalue weighted by molar-refractivity contribution is 7.80. The second-order valence-corrected chi connectivity index (χ2v) is 4.69. The Hall–Kier alpha value is -1.93. The van der Waals surface area contributed by atoms with Gasteiger partial charge in [0.1, 0.15) is 12.6 Å². The molecule has 0 saturated heterocycles. The van der Waals surface area contributed by atoms with E-state index in [2.05, 4.69) is 17.9 Å². The average Bonchev–Trinajstić information content (AvgIpc) is 2.47. The summed E-state index contributed by atoms with van der Waals surface area (Å²) in [6.07, 6.45) is -1.56. The highest BCUT2D eigenvalue weighted by Crippen LogP contribution is 2.15. The molecular weight excluding hydrogens is 338 g/mol. The number of carbonyl (C=O) groups is 4. The maximum atomic E-state index is 11.6. The summed E-state index contributed by atoms with van der Waals surface area (Å²) < 4.78 is 0. The molecule has 0 aromatic carbocycles. The highest BCUT2D eigenvalue weighted by Gasteiger charge is 2.42. The Kier molecular flexibility index (Phi) is 8.49. The molecular formula is C10H17N3O9S. The van der Waals surface area contributed by atoms with Crippen LogP contribution in [0.25, 0.3) is 0 Å². The van der Waals surface area contributed by atoms with Crippen molar-refractivity contribution < 1.29 is 44.9 Å². The summed E-state index contributed by atoms with van der Waals surface area (Å²) in [6.45, 7) is -0.665. The van der Waals surface area contributed by atoms with Crippen LogP contribution in [0.1, 0.15) is 12.8 Å². The first-order valence-electron chi connectivity index (χ1n) is 6.08. The van der Waals surface area contributed by atoms with E-state index in [4.69, 9.17) is 20.6 Å². The number of thiol groups is 1. The predicted molar refractivity (Wildman–Crippen MR) is 73.7 cm³/mol. The van der Waals surface area contributed by atoms with Gasteiger partial charge in [0.2, 0.25) is 11.8 Å². The molecule has 0 radical (unpaired) electrons. The topological polar surface area (TPSA) is 197 Å². The fourth-order valence-corrected chi connectivity index (χ4v) is 1.58. The van der Waals surface area contributed by atoms with Crippen LogP contribution in [0.2, 0.25) is 0 Å². The smallest absolute Gasteiger partial charge is 0.356 e. The zero-order valence-corrected chi connectivity index (χ0v) is 12.6. The summed E-state index contributed by atoms with van der Waals surface area (Å²) >= 11 is 3.81. The van der Waals surface area contributed by atoms with Crippen LogP contribution in [0, 0.1) is 0 Å². The molecule has 2 amide bonds. The van der Waals surface area contributed by atoms with Crippen molar-refractivity contribution in [2.45, 2.75) is 24.6 Å². The predicted octanol–water partition coefficient (Wildman–Crippen LogP) is -2.76. The minimum Gasteiger partial charge on any atom is -0.480 e. The van der Waals surface area contributed by atoms with E-state index >= 15 is 0 Å². The van der Waals surface area contributed by atoms with Gasteiger partial charge in [-0.25, -0.2) is 4.79 Å². The van der Waals surface area contributed by atoms with Crippen molar-refractivity contribution in [2.75, 3.05) is 12.3 Å². The maximum Gasteiger partial charge on any atom is 0.356 e. The van der Waals surface area contributed by atoms with Crippen LogP contribution in [-0.2, 0) is 19.2 Å². The Morgan fingerprint density at radius 1 is 1.17 bits per heavy atom. The molecule has 13 heteroatoms. The number of hydroxylamine groups is 2. The van der Waals surface area contributed by atoms with Gasteiger partial charge in [-0.2, -0.15) is 12.6 Å². The van der Waals surface area contributed by atoms with Gasteiger partial charge in [0.15, 0.2) is 0 Å². The molecule has 0 saturated carbocycles. The largest absolute Gasteiger partial charge is 0.480 e. The number of nitrogens with one attached hydrogen (secondary N) is 2. The van der Waals surface area contributed by atoms with E-state index in [-0.39, 0.29) is 5.75 Å². The van der Waals surface area contributed by atoms with E-state index in [9.17, 15) is 24.3 Å². The van der Waals surface area contributed by atoms with Crippen LogP contribution < -0.4 is 10.6 Å². The van der Waals surface area contributed by atoms with Gasteiger partial charge in [-0.15, -0.1) is 0 Å². The third kappa shape index (κ3) is 6.79. The van der Waals surface area contributed by atoms with Crippen molar-refractivity contribution >= 4 is 36.4 Å². The molecule has 0 aliphatic heterocycles. The molecule has 0 bridgehead atoms. The number of hydrogen-bond acceptors (Lipinski definition) is 9. The average molecular weight is 355 g/mol. The number of carboxylic acid groups (broad SMARTS) is 2. The zero-order chi connectivity index (χ0) is 18.2. The zero-order valence-electron chi connectivity index (χ0n) is 11.7. The molecule has 23 heavy (non-hydrogen) atoms. The van der Waals surface area contributed by atoms with Gasteiger partial charge in [-0.3, -0.25) is 24.8 Å². The Bertz CT molecular complexity index is 472. The fourth-order valence-electron chi connectivity index (χ4n) is 1.33. The number of carboxylic acids is 2. The van der Waals surface area contributed by atoms with Crippen molar-refractivity contribution in [3.63, 3.8) is 0 Å². The standard InChI is InChI=1S/C10H17N3O9S/c14-6(1-2-10(20,9(18)19)13(21)22)12-5(4-23)8(17)11-3-7(15)16/h5,20-23H,1-4H2,(H,11,17)(H,12,14)(H,15,16)(H,18,19)/t5-,10+/m0/s1. The Labute approximate surface area is 135 Å². The van der Waals surface area contributed by atoms with Gasteiger partial charge < -0.3 is 26.0 Å². The molecule has 7 N–H and O–H groups in total. The van der Waals surface area contributed by atoms with E-state index in [0.29, 0.717) is 0 Å². The van der Waals surface area contributed by atoms with Gasteiger partial charge in [0.25, 0.3) is 5.72 Å². The number of rotatable bonds is 10. The number of nitrogens with zero attached hydrogens (tertiary/aromatic N) is 1. The molecule has 0 aliphatic carbocycles. The highest BCUT2D eigenvalue weighted by atomic mass is 32.1. The Morgan fingerprint density at radius 3 is 2.13 bits per heavy atom. The van der Waals surface area contributed by atoms with E-state index in [1.165, 1.54) is 0 Å². The molecule has 0 aromatic rings. The molecule has 0 rings (SSSR count). The van der Waals surface area contributed by atoms with Crippen LogP contribution in [0.15, 0.2) is 0 Å². The second kappa shape index (κ2) is 9.26. The van der Waals surface area contributed by atoms with Crippen molar-refractivity contribution in [1.29, 1.82) is 0 Å². The molecule has 0 fully saturated rings. The number of aliphatic carboxylic acids is 2. The summed E-state index contributed by atoms with van der Waals surface area (Å²) in [7, 11) is 0. The quantitative estimate of drug-likeness (QED) is 0.115. The van der Waals surface area contributed by atoms with Crippen molar-refractivity contribution in [1.82, 2.24) is 15.9 Å². The molecule has 0 heterocycles. The van der Waals surface area contributed by atoms with E-state index in [0.717, 1.165) is 0 Å². The molecule has 12 nitrogen and oxygen atoms in total. The monoisotopic (exact) mass is 355 g/mol. The van der Waals surface area contributed by atoms with Gasteiger partial charge >= 0.3 is 11.9 Å². The molecule has 132 valence electrons. The minimum atomic E-state index is -3.10. The Morgan fingerprint density at radius 2 is 1.74 bits per heavy atom. The van der Waals surface area contributed by atoms with Crippen molar-refractivity contribution in [3.05, 3.63) is 0 Å². The summed E-state index contributed by atoms with van der Waals surface area (Å²) in [4.78, 5) is 44.2. The van der Waals surface area contributed by atoms with Gasteiger partial charge in [-0.1, -0.05) is 0 Å². The molecule has 0 unspecified atom stereocenters. The van der Waals surface area contributed by atoms with Gasteiger partial charge in [0, 0.05) is 18.6 Å². The third-order valence-electron chi connectivity index (χ3n) is 2.62. The van der Waals surface area contributed by atoms with Crippen molar-refractivity contribution in [3.8, 4) is 0 Å². The van der Waals surface area contributed by atoms with Crippen LogP contribution in [-0.4, -0.2) is 78.8 Å². The molecule has 0 spiro atoms. The van der Waals surface area contributed by atoms with E-state index in [1.54, 1.807) is 0 Å². The second-order valence-electron chi connectivity index (χ2n) is 4.33. The van der Waals surface area contributed by atoms with Crippen molar-refractivity contribution in [2.24, 2.45) is 0 Å². The lowest BCUT2D eigenvalue weighted by molar-refractivity contribution is -0.403. The normalized spacial score (nSPS) is 14.7. The first-order chi connectivity index (χ1) is 10.5. The maximum absolute atomic E-state index is 11.6. The molecule has 0 aromatic heterocycles. The van der Waals surface area contributed by atoms with Crippen LogP contribution in [0.4, 0.5) is 0 Å². The molecule has 0 aliphatic rings. The number of amides is 2. The van der Waals surface area contributed by atoms with Crippen LogP contribution >= 0.6 is 12.6 Å². The van der Waals surface area contributed by atoms with E-state index in [1.807, 2.05) is 5.32 Å². The fraction of sp³-hybridized carbons (Fsp3) is 0.600. The summed E-state index contributed by atoms with van der Waals surface area (Å²) in [5.41, 5.74) is -3.10. The van der Waals surface area contributed by atoms with Gasteiger partial charge in [0.05, 0.1) is 0 Å². The summed E-state index contributed by atoms with van der Waals surface area (Å²) in [5.74, 6) is -5.18. The van der Waals surface area contributed by atoms with E-state index < -0.39 is 60.1 Å². The first kappa shape index (κ1) is 21.1. The SMILES string of the molecule is O=C(O)CNC(=O)[C@H](CS)NC(=O)CC[C@@](O)(C(=O)O)N(O)O. The van der Waals surface area contributed by atoms with Crippen LogP contribution in [0.3, 0.4) is 0 Å². The lowest BCUT2D eigenvalue weighted by Crippen LogP contribution is -2.53. The van der Waals surface area contributed by atoms with Gasteiger partial charge in [-0.05, 0) is 5.23 Å². The molecule has 2 atom stereocenters. The number of hydrogen-bond donors (Lipinski definition) is 8. The summed E-state index contributed by atoms with van der Waals surface area (Å²) in [6, 6.07) is -1.19. The lowest BCUT2D eigenvalue weighted by Gasteiger charge is -2.26. The first-order valence-corrected chi connectivity index (χ1v) is 6.71. The Balaban J connectivity index is 4.59. The number of aliphatic hydroxyl groups is 1.